The van der Waals surface area contributed by atoms with E-state index in [0.29, 0.717) is 0 Å². The Bertz CT molecular complexity index is 514. The van der Waals surface area contributed by atoms with Crippen LogP contribution < -0.4 is 10.1 Å². The predicted molar refractivity (Wildman–Crippen MR) is 82.0 cm³/mol. The number of benzene rings is 2. The lowest BCUT2D eigenvalue weighted by Crippen LogP contribution is -2.14. The first-order valence-corrected chi connectivity index (χ1v) is 6.18. The van der Waals surface area contributed by atoms with Crippen molar-refractivity contribution >= 4 is 12.4 Å². The molecule has 2 rings (SSSR count). The molecular formula is C16H20ClNO. The molecule has 2 aromatic carbocycles. The molecule has 0 radical (unpaired) electrons. The number of ether oxygens (including phenoxy) is 1. The lowest BCUT2D eigenvalue weighted by Gasteiger charge is -2.10. The normalized spacial score (nSPS) is 9.79. The Morgan fingerprint density at radius 2 is 1.47 bits per heavy atom. The molecule has 0 fully saturated rings. The SMILES string of the molecule is COc1ccccc1CNCc1ccccc1C.Cl. The molecule has 0 aromatic heterocycles. The van der Waals surface area contributed by atoms with Gasteiger partial charge >= 0.3 is 0 Å². The van der Waals surface area contributed by atoms with Gasteiger partial charge in [-0.3, -0.25) is 0 Å². The number of hydrogen-bond acceptors (Lipinski definition) is 2. The molecule has 2 aromatic rings. The molecule has 0 saturated heterocycles. The monoisotopic (exact) mass is 277 g/mol. The van der Waals surface area contributed by atoms with E-state index in [1.807, 2.05) is 18.2 Å². The van der Waals surface area contributed by atoms with Crippen LogP contribution in [0.1, 0.15) is 16.7 Å². The van der Waals surface area contributed by atoms with Gasteiger partial charge in [0.05, 0.1) is 7.11 Å². The molecule has 1 N–H and O–H groups in total. The summed E-state index contributed by atoms with van der Waals surface area (Å²) in [6, 6.07) is 16.5. The standard InChI is InChI=1S/C16H19NO.ClH/c1-13-7-3-4-8-14(13)11-17-12-15-9-5-6-10-16(15)18-2;/h3-10,17H,11-12H2,1-2H3;1H. The van der Waals surface area contributed by atoms with E-state index in [-0.39, 0.29) is 12.4 Å². The maximum Gasteiger partial charge on any atom is 0.123 e. The number of aryl methyl sites for hydroxylation is 1. The third-order valence-electron chi connectivity index (χ3n) is 3.08. The first-order chi connectivity index (χ1) is 8.81. The number of halogens is 1. The van der Waals surface area contributed by atoms with Crippen LogP contribution in [0.15, 0.2) is 48.5 Å². The van der Waals surface area contributed by atoms with Crippen molar-refractivity contribution in [3.63, 3.8) is 0 Å². The van der Waals surface area contributed by atoms with Crippen LogP contribution in [-0.4, -0.2) is 7.11 Å². The number of para-hydroxylation sites is 1. The van der Waals surface area contributed by atoms with Gasteiger partial charge in [-0.25, -0.2) is 0 Å². The molecule has 19 heavy (non-hydrogen) atoms. The molecule has 2 nitrogen and oxygen atoms in total. The summed E-state index contributed by atoms with van der Waals surface area (Å²) in [6.07, 6.45) is 0. The molecule has 0 aliphatic carbocycles. The topological polar surface area (TPSA) is 21.3 Å². The van der Waals surface area contributed by atoms with Crippen molar-refractivity contribution in [1.29, 1.82) is 0 Å². The highest BCUT2D eigenvalue weighted by Gasteiger charge is 2.01. The Hall–Kier alpha value is -1.51. The fourth-order valence-electron chi connectivity index (χ4n) is 1.99. The fourth-order valence-corrected chi connectivity index (χ4v) is 1.99. The Kier molecular flexibility index (Phi) is 6.40. The number of methoxy groups -OCH3 is 1. The summed E-state index contributed by atoms with van der Waals surface area (Å²) in [6.45, 7) is 3.84. The van der Waals surface area contributed by atoms with Gasteiger partial charge in [0.15, 0.2) is 0 Å². The van der Waals surface area contributed by atoms with Gasteiger partial charge in [0, 0.05) is 18.7 Å². The molecule has 0 saturated carbocycles. The highest BCUT2D eigenvalue weighted by Crippen LogP contribution is 2.17. The van der Waals surface area contributed by atoms with Crippen LogP contribution in [-0.2, 0) is 13.1 Å². The second-order valence-corrected chi connectivity index (χ2v) is 4.34. The van der Waals surface area contributed by atoms with E-state index in [9.17, 15) is 0 Å². The second-order valence-electron chi connectivity index (χ2n) is 4.34. The smallest absolute Gasteiger partial charge is 0.123 e. The summed E-state index contributed by atoms with van der Waals surface area (Å²) in [5.74, 6) is 0.940. The fraction of sp³-hybridized carbons (Fsp3) is 0.250. The first kappa shape index (κ1) is 15.5. The Morgan fingerprint density at radius 3 is 2.16 bits per heavy atom. The third-order valence-corrected chi connectivity index (χ3v) is 3.08. The van der Waals surface area contributed by atoms with Crippen molar-refractivity contribution in [1.82, 2.24) is 5.32 Å². The molecule has 0 bridgehead atoms. The van der Waals surface area contributed by atoms with Gasteiger partial charge in [0.1, 0.15) is 5.75 Å². The number of hydrogen-bond donors (Lipinski definition) is 1. The highest BCUT2D eigenvalue weighted by molar-refractivity contribution is 5.85. The van der Waals surface area contributed by atoms with Crippen molar-refractivity contribution in [3.05, 3.63) is 65.2 Å². The minimum absolute atomic E-state index is 0. The molecule has 0 atom stereocenters. The van der Waals surface area contributed by atoms with Gasteiger partial charge in [-0.05, 0) is 24.1 Å². The van der Waals surface area contributed by atoms with E-state index in [2.05, 4.69) is 42.6 Å². The van der Waals surface area contributed by atoms with Gasteiger partial charge in [-0.1, -0.05) is 42.5 Å². The van der Waals surface area contributed by atoms with E-state index >= 15 is 0 Å². The summed E-state index contributed by atoms with van der Waals surface area (Å²) in [7, 11) is 1.71. The van der Waals surface area contributed by atoms with Crippen LogP contribution in [0.3, 0.4) is 0 Å². The van der Waals surface area contributed by atoms with Crippen LogP contribution in [0.25, 0.3) is 0 Å². The Morgan fingerprint density at radius 1 is 0.895 bits per heavy atom. The minimum atomic E-state index is 0. The zero-order valence-electron chi connectivity index (χ0n) is 11.3. The van der Waals surface area contributed by atoms with Gasteiger partial charge in [0.2, 0.25) is 0 Å². The molecule has 0 aliphatic heterocycles. The molecule has 0 spiro atoms. The maximum absolute atomic E-state index is 5.33. The molecule has 0 heterocycles. The van der Waals surface area contributed by atoms with E-state index < -0.39 is 0 Å². The van der Waals surface area contributed by atoms with E-state index in [1.165, 1.54) is 16.7 Å². The van der Waals surface area contributed by atoms with Crippen molar-refractivity contribution in [2.75, 3.05) is 7.11 Å². The molecule has 0 aliphatic rings. The summed E-state index contributed by atoms with van der Waals surface area (Å²) in [5.41, 5.74) is 3.85. The molecular weight excluding hydrogens is 258 g/mol. The predicted octanol–water partition coefficient (Wildman–Crippen LogP) is 3.72. The highest BCUT2D eigenvalue weighted by atomic mass is 35.5. The van der Waals surface area contributed by atoms with Crippen LogP contribution in [0.5, 0.6) is 5.75 Å². The molecule has 3 heteroatoms. The Labute approximate surface area is 121 Å². The minimum Gasteiger partial charge on any atom is -0.496 e. The lowest BCUT2D eigenvalue weighted by atomic mass is 10.1. The van der Waals surface area contributed by atoms with Crippen LogP contribution >= 0.6 is 12.4 Å². The average Bonchev–Trinajstić information content (AvgIpc) is 2.41. The number of rotatable bonds is 5. The summed E-state index contributed by atoms with van der Waals surface area (Å²) in [5, 5.41) is 3.45. The summed E-state index contributed by atoms with van der Waals surface area (Å²) < 4.78 is 5.33. The molecule has 0 unspecified atom stereocenters. The van der Waals surface area contributed by atoms with Gasteiger partial charge in [-0.15, -0.1) is 12.4 Å². The van der Waals surface area contributed by atoms with Crippen LogP contribution in [0.4, 0.5) is 0 Å². The average molecular weight is 278 g/mol. The van der Waals surface area contributed by atoms with Crippen LogP contribution in [0.2, 0.25) is 0 Å². The first-order valence-electron chi connectivity index (χ1n) is 6.18. The van der Waals surface area contributed by atoms with E-state index in [1.54, 1.807) is 7.11 Å². The zero-order chi connectivity index (χ0) is 12.8. The van der Waals surface area contributed by atoms with Crippen molar-refractivity contribution in [2.24, 2.45) is 0 Å². The lowest BCUT2D eigenvalue weighted by molar-refractivity contribution is 0.407. The summed E-state index contributed by atoms with van der Waals surface area (Å²) in [4.78, 5) is 0. The van der Waals surface area contributed by atoms with Gasteiger partial charge in [0.25, 0.3) is 0 Å². The molecule has 0 amide bonds. The van der Waals surface area contributed by atoms with E-state index in [4.69, 9.17) is 4.74 Å². The largest absolute Gasteiger partial charge is 0.496 e. The maximum atomic E-state index is 5.33. The Balaban J connectivity index is 0.00000180. The van der Waals surface area contributed by atoms with Crippen LogP contribution in [0, 0.1) is 6.92 Å². The molecule has 102 valence electrons. The van der Waals surface area contributed by atoms with E-state index in [0.717, 1.165) is 18.8 Å². The van der Waals surface area contributed by atoms with Gasteiger partial charge in [-0.2, -0.15) is 0 Å². The van der Waals surface area contributed by atoms with Crippen molar-refractivity contribution < 1.29 is 4.74 Å². The van der Waals surface area contributed by atoms with Gasteiger partial charge < -0.3 is 10.1 Å². The van der Waals surface area contributed by atoms with Crippen molar-refractivity contribution in [2.45, 2.75) is 20.0 Å². The third kappa shape index (κ3) is 4.27. The zero-order valence-corrected chi connectivity index (χ0v) is 12.2. The number of nitrogens with one attached hydrogen (secondary N) is 1. The second kappa shape index (κ2) is 7.82. The van der Waals surface area contributed by atoms with Crippen molar-refractivity contribution in [3.8, 4) is 5.75 Å². The quantitative estimate of drug-likeness (QED) is 0.899. The summed E-state index contributed by atoms with van der Waals surface area (Å²) >= 11 is 0.